The average Bonchev–Trinajstić information content (AvgIpc) is 2.73. The summed E-state index contributed by atoms with van der Waals surface area (Å²) in [5, 5.41) is 16.8. The molecule has 0 saturated heterocycles. The van der Waals surface area contributed by atoms with Crippen LogP contribution in [0.3, 0.4) is 0 Å². The SMILES string of the molecule is COc1cccc(NC(=S)C(=C([O-])c2ccc(C(C)(C)C)cc2)[n+]2cccc(C)c2)c1. The Morgan fingerprint density at radius 2 is 1.74 bits per heavy atom. The molecule has 0 fully saturated rings. The van der Waals surface area contributed by atoms with Crippen LogP contribution in [0.25, 0.3) is 11.5 Å². The van der Waals surface area contributed by atoms with E-state index >= 15 is 0 Å². The van der Waals surface area contributed by atoms with Crippen LogP contribution in [-0.4, -0.2) is 12.1 Å². The Bertz CT molecular complexity index is 1110. The second-order valence-corrected chi connectivity index (χ2v) is 8.89. The van der Waals surface area contributed by atoms with E-state index < -0.39 is 0 Å². The zero-order valence-electron chi connectivity index (χ0n) is 18.6. The van der Waals surface area contributed by atoms with Crippen molar-refractivity contribution >= 4 is 34.3 Å². The fourth-order valence-corrected chi connectivity index (χ4v) is 3.54. The van der Waals surface area contributed by atoms with Crippen molar-refractivity contribution in [1.29, 1.82) is 0 Å². The van der Waals surface area contributed by atoms with Gasteiger partial charge in [-0.3, -0.25) is 0 Å². The lowest BCUT2D eigenvalue weighted by molar-refractivity contribution is -0.578. The lowest BCUT2D eigenvalue weighted by atomic mass is 9.86. The van der Waals surface area contributed by atoms with Gasteiger partial charge in [0, 0.05) is 23.4 Å². The van der Waals surface area contributed by atoms with Gasteiger partial charge < -0.3 is 15.2 Å². The molecule has 0 unspecified atom stereocenters. The molecule has 0 radical (unpaired) electrons. The van der Waals surface area contributed by atoms with E-state index in [1.807, 2.05) is 80.0 Å². The first kappa shape index (κ1) is 22.5. The van der Waals surface area contributed by atoms with Gasteiger partial charge >= 0.3 is 0 Å². The number of anilines is 1. The molecule has 0 aliphatic carbocycles. The number of ether oxygens (including phenoxy) is 1. The molecular formula is C26H28N2O2S. The molecule has 0 spiro atoms. The van der Waals surface area contributed by atoms with Gasteiger partial charge in [0.2, 0.25) is 5.70 Å². The molecule has 1 N–H and O–H groups in total. The molecule has 1 aromatic heterocycles. The van der Waals surface area contributed by atoms with Gasteiger partial charge in [0.15, 0.2) is 17.4 Å². The topological polar surface area (TPSA) is 48.2 Å². The smallest absolute Gasteiger partial charge is 0.238 e. The number of rotatable bonds is 5. The Balaban J connectivity index is 2.06. The van der Waals surface area contributed by atoms with Crippen molar-refractivity contribution < 1.29 is 14.4 Å². The van der Waals surface area contributed by atoms with Crippen LogP contribution < -0.4 is 19.7 Å². The van der Waals surface area contributed by atoms with Crippen LogP contribution in [0.1, 0.15) is 37.5 Å². The largest absolute Gasteiger partial charge is 0.867 e. The fraction of sp³-hybridized carbons (Fsp3) is 0.231. The third-order valence-corrected chi connectivity index (χ3v) is 5.27. The average molecular weight is 433 g/mol. The quantitative estimate of drug-likeness (QED) is 0.274. The van der Waals surface area contributed by atoms with Crippen LogP contribution in [0.4, 0.5) is 5.69 Å². The van der Waals surface area contributed by atoms with Crippen LogP contribution in [0.15, 0.2) is 73.1 Å². The monoisotopic (exact) mass is 432 g/mol. The predicted octanol–water partition coefficient (Wildman–Crippen LogP) is 4.71. The summed E-state index contributed by atoms with van der Waals surface area (Å²) in [4.78, 5) is 0.341. The maximum absolute atomic E-state index is 13.6. The number of benzene rings is 2. The third kappa shape index (κ3) is 5.50. The van der Waals surface area contributed by atoms with Crippen LogP contribution in [0.5, 0.6) is 5.75 Å². The van der Waals surface area contributed by atoms with Crippen LogP contribution in [-0.2, 0) is 5.41 Å². The number of nitrogens with zero attached hydrogens (tertiary/aromatic N) is 1. The van der Waals surface area contributed by atoms with Crippen molar-refractivity contribution in [1.82, 2.24) is 0 Å². The normalized spacial score (nSPS) is 12.2. The second-order valence-electron chi connectivity index (χ2n) is 8.48. The van der Waals surface area contributed by atoms with Gasteiger partial charge in [0.25, 0.3) is 0 Å². The number of methoxy groups -OCH3 is 1. The van der Waals surface area contributed by atoms with E-state index in [4.69, 9.17) is 17.0 Å². The van der Waals surface area contributed by atoms with Gasteiger partial charge in [0.05, 0.1) is 7.11 Å². The molecule has 1 heterocycles. The third-order valence-electron chi connectivity index (χ3n) is 4.98. The molecule has 0 atom stereocenters. The molecule has 2 aromatic carbocycles. The molecular weight excluding hydrogens is 404 g/mol. The lowest BCUT2D eigenvalue weighted by Gasteiger charge is -2.21. The van der Waals surface area contributed by atoms with Crippen molar-refractivity contribution in [2.75, 3.05) is 12.4 Å². The van der Waals surface area contributed by atoms with E-state index in [2.05, 4.69) is 26.1 Å². The van der Waals surface area contributed by atoms with Gasteiger partial charge in [-0.15, -0.1) is 0 Å². The Labute approximate surface area is 189 Å². The summed E-state index contributed by atoms with van der Waals surface area (Å²) in [5.41, 5.74) is 3.96. The zero-order chi connectivity index (χ0) is 22.6. The van der Waals surface area contributed by atoms with E-state index in [9.17, 15) is 5.11 Å². The highest BCUT2D eigenvalue weighted by atomic mass is 32.1. The summed E-state index contributed by atoms with van der Waals surface area (Å²) >= 11 is 5.69. The highest BCUT2D eigenvalue weighted by Crippen LogP contribution is 2.25. The summed E-state index contributed by atoms with van der Waals surface area (Å²) in [6.45, 7) is 8.43. The molecule has 0 bridgehead atoms. The lowest BCUT2D eigenvalue weighted by Crippen LogP contribution is -2.40. The van der Waals surface area contributed by atoms with E-state index in [1.165, 1.54) is 5.56 Å². The van der Waals surface area contributed by atoms with Gasteiger partial charge in [0.1, 0.15) is 5.75 Å². The van der Waals surface area contributed by atoms with Crippen molar-refractivity contribution in [2.45, 2.75) is 33.1 Å². The van der Waals surface area contributed by atoms with Crippen LogP contribution >= 0.6 is 12.2 Å². The minimum Gasteiger partial charge on any atom is -0.867 e. The Morgan fingerprint density at radius 1 is 1.03 bits per heavy atom. The number of hydrogen-bond donors (Lipinski definition) is 1. The van der Waals surface area contributed by atoms with Crippen molar-refractivity contribution in [3.05, 3.63) is 89.7 Å². The van der Waals surface area contributed by atoms with Crippen molar-refractivity contribution in [3.8, 4) is 5.75 Å². The predicted molar refractivity (Wildman–Crippen MR) is 129 cm³/mol. The van der Waals surface area contributed by atoms with E-state index in [0.717, 1.165) is 11.3 Å². The number of thiocarbonyl (C=S) groups is 1. The van der Waals surface area contributed by atoms with E-state index in [0.29, 0.717) is 22.0 Å². The molecule has 0 aliphatic heterocycles. The second kappa shape index (κ2) is 9.31. The van der Waals surface area contributed by atoms with Crippen molar-refractivity contribution in [2.24, 2.45) is 0 Å². The molecule has 160 valence electrons. The summed E-state index contributed by atoms with van der Waals surface area (Å²) < 4.78 is 7.07. The minimum atomic E-state index is -0.142. The van der Waals surface area contributed by atoms with Crippen LogP contribution in [0.2, 0.25) is 0 Å². The maximum atomic E-state index is 13.6. The molecule has 5 heteroatoms. The Kier molecular flexibility index (Phi) is 6.76. The summed E-state index contributed by atoms with van der Waals surface area (Å²) in [6, 6.07) is 19.1. The van der Waals surface area contributed by atoms with Crippen molar-refractivity contribution in [3.63, 3.8) is 0 Å². The van der Waals surface area contributed by atoms with Gasteiger partial charge in [-0.05, 0) is 47.4 Å². The highest BCUT2D eigenvalue weighted by molar-refractivity contribution is 7.81. The Hall–Kier alpha value is -3.18. The standard InChI is InChI=1S/C26H28N2O2S/c1-18-8-7-15-28(17-18)23(25(31)27-21-9-6-10-22(16-21)30-5)24(29)19-11-13-20(14-12-19)26(2,3)4/h6-17H,1-5H3,(H-,27,29,31). The van der Waals surface area contributed by atoms with Gasteiger partial charge in [-0.25, -0.2) is 0 Å². The summed E-state index contributed by atoms with van der Waals surface area (Å²) in [7, 11) is 1.61. The van der Waals surface area contributed by atoms with Gasteiger partial charge in [-0.1, -0.05) is 63.3 Å². The molecule has 3 aromatic rings. The maximum Gasteiger partial charge on any atom is 0.238 e. The first-order valence-corrected chi connectivity index (χ1v) is 10.6. The molecule has 31 heavy (non-hydrogen) atoms. The van der Waals surface area contributed by atoms with Crippen LogP contribution in [0, 0.1) is 6.92 Å². The summed E-state index contributed by atoms with van der Waals surface area (Å²) in [5.74, 6) is 0.568. The van der Waals surface area contributed by atoms with E-state index in [-0.39, 0.29) is 11.2 Å². The fourth-order valence-electron chi connectivity index (χ4n) is 3.22. The highest BCUT2D eigenvalue weighted by Gasteiger charge is 2.20. The molecule has 0 amide bonds. The number of aromatic nitrogens is 1. The van der Waals surface area contributed by atoms with E-state index in [1.54, 1.807) is 11.7 Å². The Morgan fingerprint density at radius 3 is 2.35 bits per heavy atom. The molecule has 0 aliphatic rings. The first-order valence-electron chi connectivity index (χ1n) is 10.1. The molecule has 4 nitrogen and oxygen atoms in total. The summed E-state index contributed by atoms with van der Waals surface area (Å²) in [6.07, 6.45) is 3.74. The zero-order valence-corrected chi connectivity index (χ0v) is 19.4. The number of hydrogen-bond acceptors (Lipinski definition) is 3. The molecule has 3 rings (SSSR count). The number of pyridine rings is 1. The number of nitrogens with one attached hydrogen (secondary N) is 1. The molecule has 0 saturated carbocycles. The first-order chi connectivity index (χ1) is 14.7. The number of aryl methyl sites for hydroxylation is 1. The van der Waals surface area contributed by atoms with Gasteiger partial charge in [-0.2, -0.15) is 4.57 Å². The minimum absolute atomic E-state index is 0.0165.